The maximum absolute atomic E-state index is 13.4. The number of carbonyl (C=O) groups is 4. The van der Waals surface area contributed by atoms with Gasteiger partial charge in [0, 0.05) is 60.9 Å². The molecule has 1 aromatic heterocycles. The zero-order valence-electron chi connectivity index (χ0n) is 23.8. The molecule has 5 N–H and O–H groups in total. The lowest BCUT2D eigenvalue weighted by Gasteiger charge is -2.47. The number of fused-ring (bicyclic) bond motifs is 2. The minimum atomic E-state index is -1.14. The molecule has 4 fully saturated rings. The molecule has 0 aliphatic carbocycles. The third kappa shape index (κ3) is 5.07. The molecule has 5 aliphatic heterocycles. The van der Waals surface area contributed by atoms with Gasteiger partial charge in [-0.2, -0.15) is 0 Å². The molecule has 5 aliphatic rings. The topological polar surface area (TPSA) is 192 Å². The van der Waals surface area contributed by atoms with Crippen molar-refractivity contribution >= 4 is 35.5 Å². The zero-order valence-corrected chi connectivity index (χ0v) is 24.6. The lowest BCUT2D eigenvalue weighted by molar-refractivity contribution is -0.158. The molecule has 0 saturated carbocycles. The summed E-state index contributed by atoms with van der Waals surface area (Å²) in [6.07, 6.45) is 3.01. The summed E-state index contributed by atoms with van der Waals surface area (Å²) in [4.78, 5) is 57.9. The fraction of sp³-hybridized carbons (Fsp3) is 0.731. The number of rotatable bonds is 10. The fourth-order valence-electron chi connectivity index (χ4n) is 7.54. The number of carboxylic acid groups (broad SMARTS) is 1. The molecule has 228 valence electrons. The summed E-state index contributed by atoms with van der Waals surface area (Å²) >= 11 is 1.46. The first-order chi connectivity index (χ1) is 20.2. The number of carboxylic acids is 1. The van der Waals surface area contributed by atoms with Crippen molar-refractivity contribution in [2.75, 3.05) is 39.3 Å². The van der Waals surface area contributed by atoms with Crippen LogP contribution < -0.4 is 16.4 Å². The fourth-order valence-corrected chi connectivity index (χ4v) is 9.02. The number of nitrogens with two attached hydrogens (primary N) is 1. The van der Waals surface area contributed by atoms with E-state index >= 15 is 0 Å². The van der Waals surface area contributed by atoms with E-state index in [-0.39, 0.29) is 53.2 Å². The van der Waals surface area contributed by atoms with Crippen LogP contribution in [0.25, 0.3) is 0 Å². The van der Waals surface area contributed by atoms with Crippen molar-refractivity contribution in [1.82, 2.24) is 45.5 Å². The summed E-state index contributed by atoms with van der Waals surface area (Å²) in [6.45, 7) is 8.22. The Labute approximate surface area is 247 Å². The molecule has 6 heterocycles. The second kappa shape index (κ2) is 11.5. The molecule has 42 heavy (non-hydrogen) atoms. The monoisotopic (exact) mass is 602 g/mol. The Hall–Kier alpha value is -3.08. The van der Waals surface area contributed by atoms with E-state index in [0.29, 0.717) is 36.4 Å². The maximum atomic E-state index is 13.4. The highest BCUT2D eigenvalue weighted by Crippen LogP contribution is 2.52. The molecule has 1 aromatic rings. The Bertz CT molecular complexity index is 1270. The van der Waals surface area contributed by atoms with Gasteiger partial charge in [-0.1, -0.05) is 6.92 Å². The van der Waals surface area contributed by atoms with Crippen molar-refractivity contribution in [3.63, 3.8) is 0 Å². The van der Waals surface area contributed by atoms with E-state index < -0.39 is 17.9 Å². The van der Waals surface area contributed by atoms with Crippen LogP contribution >= 0.6 is 11.8 Å². The normalized spacial score (nSPS) is 33.1. The average molecular weight is 603 g/mol. The number of nitrogens with zero attached hydrogens (tertiary/aromatic N) is 7. The van der Waals surface area contributed by atoms with Gasteiger partial charge in [0.05, 0.1) is 18.0 Å². The van der Waals surface area contributed by atoms with Crippen molar-refractivity contribution in [2.24, 2.45) is 23.5 Å². The number of amides is 3. The standard InChI is InChI=1S/C26H38N10O5S/c1-13-21-20(14(2)30-19(37)11-35-12-29-31-32-35)25(39)36(21)22(26(40)41)23(13)42-16-7-17(28-8-16)24(38)34-9-15-3-5-33(6-4-27)18(15)10-34/h12-18,20-21,28H,3-11,27H2,1-2H3,(H,30,37)(H,40,41)/t13-,14?,15?,16?,17?,18?,20-,21-/m1/s1. The van der Waals surface area contributed by atoms with Gasteiger partial charge in [0.25, 0.3) is 0 Å². The lowest BCUT2D eigenvalue weighted by Crippen LogP contribution is -2.66. The van der Waals surface area contributed by atoms with Gasteiger partial charge in [0.2, 0.25) is 17.7 Å². The Morgan fingerprint density at radius 2 is 2.12 bits per heavy atom. The number of β-lactam (4-membered cyclic amide) rings is 1. The molecule has 8 atom stereocenters. The molecule has 16 heteroatoms. The van der Waals surface area contributed by atoms with Gasteiger partial charge in [0.15, 0.2) is 0 Å². The highest BCUT2D eigenvalue weighted by molar-refractivity contribution is 8.03. The second-order valence-electron chi connectivity index (χ2n) is 12.0. The van der Waals surface area contributed by atoms with Gasteiger partial charge in [-0.05, 0) is 42.7 Å². The number of carbonyl (C=O) groups excluding carboxylic acids is 3. The molecule has 3 amide bonds. The Morgan fingerprint density at radius 1 is 1.31 bits per heavy atom. The molecule has 0 spiro atoms. The summed E-state index contributed by atoms with van der Waals surface area (Å²) in [7, 11) is 0. The van der Waals surface area contributed by atoms with E-state index in [4.69, 9.17) is 5.73 Å². The van der Waals surface area contributed by atoms with Gasteiger partial charge in [-0.15, -0.1) is 16.9 Å². The summed E-state index contributed by atoms with van der Waals surface area (Å²) in [5, 5.41) is 27.0. The third-order valence-electron chi connectivity index (χ3n) is 9.49. The van der Waals surface area contributed by atoms with Crippen LogP contribution in [0.1, 0.15) is 26.7 Å². The molecule has 0 bridgehead atoms. The lowest BCUT2D eigenvalue weighted by atomic mass is 9.78. The smallest absolute Gasteiger partial charge is 0.353 e. The van der Waals surface area contributed by atoms with E-state index in [0.717, 1.165) is 32.6 Å². The van der Waals surface area contributed by atoms with E-state index in [1.165, 1.54) is 27.7 Å². The van der Waals surface area contributed by atoms with Crippen LogP contribution in [0.2, 0.25) is 0 Å². The van der Waals surface area contributed by atoms with Crippen LogP contribution in [0, 0.1) is 17.8 Å². The molecule has 5 unspecified atom stereocenters. The first kappa shape index (κ1) is 29.0. The zero-order chi connectivity index (χ0) is 29.7. The van der Waals surface area contributed by atoms with Crippen molar-refractivity contribution in [2.45, 2.75) is 62.7 Å². The third-order valence-corrected chi connectivity index (χ3v) is 11.0. The summed E-state index contributed by atoms with van der Waals surface area (Å²) in [5.74, 6) is -1.95. The molecule has 15 nitrogen and oxygen atoms in total. The van der Waals surface area contributed by atoms with Crippen LogP contribution in [-0.2, 0) is 25.7 Å². The van der Waals surface area contributed by atoms with Crippen molar-refractivity contribution < 1.29 is 24.3 Å². The number of likely N-dealkylation sites (tertiary alicyclic amines) is 2. The molecular weight excluding hydrogens is 564 g/mol. The SMILES string of the molecule is CC(NC(=O)Cn1cnnn1)[C@H]1C(=O)N2C(C(=O)O)=C(SC3CNC(C(=O)N4CC5CCN(CCN)C5C4)C3)[C@H](C)[C@H]12. The number of hydrogen-bond donors (Lipinski definition) is 4. The van der Waals surface area contributed by atoms with Crippen LogP contribution in [0.3, 0.4) is 0 Å². The van der Waals surface area contributed by atoms with E-state index in [1.54, 1.807) is 6.92 Å². The first-order valence-corrected chi connectivity index (χ1v) is 15.5. The Balaban J connectivity index is 1.07. The van der Waals surface area contributed by atoms with Gasteiger partial charge < -0.3 is 31.3 Å². The average Bonchev–Trinajstić information content (AvgIpc) is 3.76. The molecule has 0 aromatic carbocycles. The van der Waals surface area contributed by atoms with Gasteiger partial charge >= 0.3 is 5.97 Å². The predicted molar refractivity (Wildman–Crippen MR) is 150 cm³/mol. The summed E-state index contributed by atoms with van der Waals surface area (Å²) in [5.41, 5.74) is 5.80. The minimum Gasteiger partial charge on any atom is -0.477 e. The molecule has 4 saturated heterocycles. The number of hydrogen-bond acceptors (Lipinski definition) is 11. The van der Waals surface area contributed by atoms with Crippen molar-refractivity contribution in [3.8, 4) is 0 Å². The predicted octanol–water partition coefficient (Wildman–Crippen LogP) is -2.09. The highest BCUT2D eigenvalue weighted by atomic mass is 32.2. The number of aliphatic carboxylic acids is 1. The van der Waals surface area contributed by atoms with E-state index in [2.05, 4.69) is 31.1 Å². The van der Waals surface area contributed by atoms with E-state index in [9.17, 15) is 24.3 Å². The van der Waals surface area contributed by atoms with Gasteiger partial charge in [-0.3, -0.25) is 19.3 Å². The van der Waals surface area contributed by atoms with Crippen LogP contribution in [0.4, 0.5) is 0 Å². The summed E-state index contributed by atoms with van der Waals surface area (Å²) < 4.78 is 1.29. The highest BCUT2D eigenvalue weighted by Gasteiger charge is 2.60. The Kier molecular flexibility index (Phi) is 7.97. The Morgan fingerprint density at radius 3 is 2.83 bits per heavy atom. The first-order valence-electron chi connectivity index (χ1n) is 14.6. The molecule has 0 radical (unpaired) electrons. The molecule has 6 rings (SSSR count). The largest absolute Gasteiger partial charge is 0.477 e. The van der Waals surface area contributed by atoms with Crippen LogP contribution in [-0.4, -0.2) is 132 Å². The van der Waals surface area contributed by atoms with Crippen molar-refractivity contribution in [1.29, 1.82) is 0 Å². The summed E-state index contributed by atoms with van der Waals surface area (Å²) in [6, 6.07) is -0.785. The van der Waals surface area contributed by atoms with E-state index in [1.807, 2.05) is 11.8 Å². The van der Waals surface area contributed by atoms with Crippen molar-refractivity contribution in [3.05, 3.63) is 16.9 Å². The number of thioether (sulfide) groups is 1. The van der Waals surface area contributed by atoms with Gasteiger partial charge in [0.1, 0.15) is 18.6 Å². The van der Waals surface area contributed by atoms with Crippen LogP contribution in [0.5, 0.6) is 0 Å². The quantitative estimate of drug-likeness (QED) is 0.214. The second-order valence-corrected chi connectivity index (χ2v) is 13.4. The van der Waals surface area contributed by atoms with Gasteiger partial charge in [-0.25, -0.2) is 9.48 Å². The van der Waals surface area contributed by atoms with Crippen LogP contribution in [0.15, 0.2) is 16.9 Å². The number of tetrazole rings is 1. The maximum Gasteiger partial charge on any atom is 0.353 e. The number of nitrogens with one attached hydrogen (secondary N) is 2. The minimum absolute atomic E-state index is 0.00209. The molecular formula is C26H38N10O5S. The number of aromatic nitrogens is 4.